The largest absolute Gasteiger partial charge is 0.340 e. The molecule has 0 bridgehead atoms. The van der Waals surface area contributed by atoms with Crippen LogP contribution in [-0.4, -0.2) is 85.4 Å². The Labute approximate surface area is 168 Å². The zero-order chi connectivity index (χ0) is 19.8. The number of piperazine rings is 1. The van der Waals surface area contributed by atoms with Gasteiger partial charge in [-0.3, -0.25) is 9.59 Å². The van der Waals surface area contributed by atoms with Gasteiger partial charge in [0.05, 0.1) is 0 Å². The van der Waals surface area contributed by atoms with E-state index in [4.69, 9.17) is 0 Å². The van der Waals surface area contributed by atoms with Gasteiger partial charge in [-0.25, -0.2) is 0 Å². The molecule has 2 heterocycles. The Hall–Kier alpha value is -1.92. The summed E-state index contributed by atoms with van der Waals surface area (Å²) in [6, 6.07) is 7.73. The fraction of sp³-hybridized carbons (Fsp3) is 0.636. The highest BCUT2D eigenvalue weighted by Crippen LogP contribution is 2.11. The first kappa shape index (κ1) is 20.8. The van der Waals surface area contributed by atoms with Crippen molar-refractivity contribution in [3.05, 3.63) is 35.4 Å². The average molecular weight is 387 g/mol. The quantitative estimate of drug-likeness (QED) is 0.740. The Balaban J connectivity index is 1.56. The third kappa shape index (κ3) is 6.04. The van der Waals surface area contributed by atoms with Gasteiger partial charge in [0.25, 0.3) is 5.91 Å². The van der Waals surface area contributed by atoms with Gasteiger partial charge < -0.3 is 20.0 Å². The number of amides is 2. The van der Waals surface area contributed by atoms with E-state index in [9.17, 15) is 9.59 Å². The van der Waals surface area contributed by atoms with Crippen molar-refractivity contribution >= 4 is 11.8 Å². The molecule has 0 radical (unpaired) electrons. The van der Waals surface area contributed by atoms with E-state index in [-0.39, 0.29) is 11.8 Å². The van der Waals surface area contributed by atoms with Crippen LogP contribution >= 0.6 is 0 Å². The smallest absolute Gasteiger partial charge is 0.253 e. The fourth-order valence-electron chi connectivity index (χ4n) is 3.99. The van der Waals surface area contributed by atoms with Crippen LogP contribution in [-0.2, 0) is 4.79 Å². The maximum atomic E-state index is 13.0. The highest BCUT2D eigenvalue weighted by atomic mass is 16.2. The lowest BCUT2D eigenvalue weighted by atomic mass is 10.1. The molecule has 3 rings (SSSR count). The lowest BCUT2D eigenvalue weighted by Gasteiger charge is -2.29. The molecular formula is C22H34N4O2. The van der Waals surface area contributed by atoms with E-state index in [2.05, 4.69) is 10.2 Å². The molecule has 0 saturated carbocycles. The second-order valence-electron chi connectivity index (χ2n) is 7.94. The molecule has 154 valence electrons. The Morgan fingerprint density at radius 3 is 2.36 bits per heavy atom. The number of carbonyl (C=O) groups is 2. The fourth-order valence-corrected chi connectivity index (χ4v) is 3.99. The molecule has 2 aliphatic rings. The maximum Gasteiger partial charge on any atom is 0.253 e. The molecule has 1 N–H and O–H groups in total. The molecule has 6 heteroatoms. The molecule has 1 aromatic carbocycles. The summed E-state index contributed by atoms with van der Waals surface area (Å²) in [6.45, 7) is 9.84. The van der Waals surface area contributed by atoms with Crippen LogP contribution in [0.5, 0.6) is 0 Å². The third-order valence-electron chi connectivity index (χ3n) is 5.75. The van der Waals surface area contributed by atoms with Gasteiger partial charge in [-0.05, 0) is 58.0 Å². The van der Waals surface area contributed by atoms with E-state index in [0.717, 1.165) is 44.7 Å². The first-order valence-corrected chi connectivity index (χ1v) is 10.7. The maximum absolute atomic E-state index is 13.0. The first-order chi connectivity index (χ1) is 13.6. The SMILES string of the molecule is Cc1ccc(C(=O)N(CCCN2CCCC2)CCC(=O)N2CCNCC2)cc1. The second kappa shape index (κ2) is 10.6. The number of hydrogen-bond donors (Lipinski definition) is 1. The molecule has 0 spiro atoms. The highest BCUT2D eigenvalue weighted by molar-refractivity contribution is 5.94. The van der Waals surface area contributed by atoms with Crippen LogP contribution in [0.15, 0.2) is 24.3 Å². The van der Waals surface area contributed by atoms with Crippen molar-refractivity contribution in [3.8, 4) is 0 Å². The number of nitrogens with zero attached hydrogens (tertiary/aromatic N) is 3. The number of aryl methyl sites for hydroxylation is 1. The van der Waals surface area contributed by atoms with Crippen molar-refractivity contribution in [1.82, 2.24) is 20.0 Å². The summed E-state index contributed by atoms with van der Waals surface area (Å²) in [4.78, 5) is 31.9. The number of benzene rings is 1. The number of carbonyl (C=O) groups excluding carboxylic acids is 2. The van der Waals surface area contributed by atoms with E-state index < -0.39 is 0 Å². The molecule has 6 nitrogen and oxygen atoms in total. The minimum absolute atomic E-state index is 0.0366. The lowest BCUT2D eigenvalue weighted by Crippen LogP contribution is -2.47. The van der Waals surface area contributed by atoms with Crippen LogP contribution in [0, 0.1) is 6.92 Å². The Bertz CT molecular complexity index is 634. The lowest BCUT2D eigenvalue weighted by molar-refractivity contribution is -0.131. The van der Waals surface area contributed by atoms with Crippen LogP contribution in [0.3, 0.4) is 0 Å². The highest BCUT2D eigenvalue weighted by Gasteiger charge is 2.21. The summed E-state index contributed by atoms with van der Waals surface area (Å²) >= 11 is 0. The molecule has 2 fully saturated rings. The number of nitrogens with one attached hydrogen (secondary N) is 1. The van der Waals surface area contributed by atoms with Crippen LogP contribution < -0.4 is 5.32 Å². The van der Waals surface area contributed by atoms with Gasteiger partial charge in [0.15, 0.2) is 0 Å². The molecule has 28 heavy (non-hydrogen) atoms. The standard InChI is InChI=1S/C22H34N4O2/c1-19-5-7-20(8-6-19)22(28)26(15-4-14-24-12-2-3-13-24)16-9-21(27)25-17-10-23-11-18-25/h5-8,23H,2-4,9-18H2,1H3. The summed E-state index contributed by atoms with van der Waals surface area (Å²) in [7, 11) is 0. The molecule has 0 atom stereocenters. The molecular weight excluding hydrogens is 352 g/mol. The topological polar surface area (TPSA) is 55.9 Å². The Morgan fingerprint density at radius 1 is 1.00 bits per heavy atom. The van der Waals surface area contributed by atoms with Gasteiger partial charge in [0.1, 0.15) is 0 Å². The van der Waals surface area contributed by atoms with Crippen molar-refractivity contribution in [1.29, 1.82) is 0 Å². The molecule has 0 unspecified atom stereocenters. The van der Waals surface area contributed by atoms with Gasteiger partial charge in [0, 0.05) is 51.3 Å². The summed E-state index contributed by atoms with van der Waals surface area (Å²) in [5, 5.41) is 3.27. The second-order valence-corrected chi connectivity index (χ2v) is 7.94. The molecule has 1 aromatic rings. The van der Waals surface area contributed by atoms with Gasteiger partial charge in [0.2, 0.25) is 5.91 Å². The molecule has 2 amide bonds. The van der Waals surface area contributed by atoms with Crippen molar-refractivity contribution in [2.45, 2.75) is 32.6 Å². The zero-order valence-electron chi connectivity index (χ0n) is 17.2. The van der Waals surface area contributed by atoms with Gasteiger partial charge in [-0.15, -0.1) is 0 Å². The first-order valence-electron chi connectivity index (χ1n) is 10.7. The van der Waals surface area contributed by atoms with Gasteiger partial charge >= 0.3 is 0 Å². The summed E-state index contributed by atoms with van der Waals surface area (Å²) in [5.41, 5.74) is 1.85. The molecule has 0 aromatic heterocycles. The van der Waals surface area contributed by atoms with Crippen LogP contribution in [0.2, 0.25) is 0 Å². The predicted molar refractivity (Wildman–Crippen MR) is 111 cm³/mol. The van der Waals surface area contributed by atoms with E-state index in [1.165, 1.54) is 25.9 Å². The number of hydrogen-bond acceptors (Lipinski definition) is 4. The summed E-state index contributed by atoms with van der Waals surface area (Å²) in [5.74, 6) is 0.192. The average Bonchev–Trinajstić information content (AvgIpc) is 3.24. The molecule has 2 saturated heterocycles. The minimum atomic E-state index is 0.0366. The zero-order valence-corrected chi connectivity index (χ0v) is 17.2. The van der Waals surface area contributed by atoms with Crippen molar-refractivity contribution in [2.75, 3.05) is 58.9 Å². The third-order valence-corrected chi connectivity index (χ3v) is 5.75. The van der Waals surface area contributed by atoms with Crippen molar-refractivity contribution in [3.63, 3.8) is 0 Å². The van der Waals surface area contributed by atoms with Crippen molar-refractivity contribution in [2.24, 2.45) is 0 Å². The van der Waals surface area contributed by atoms with Crippen LogP contribution in [0.1, 0.15) is 41.6 Å². The summed E-state index contributed by atoms with van der Waals surface area (Å²) in [6.07, 6.45) is 3.93. The predicted octanol–water partition coefficient (Wildman–Crippen LogP) is 1.75. The molecule has 0 aliphatic carbocycles. The van der Waals surface area contributed by atoms with E-state index in [1.807, 2.05) is 41.0 Å². The monoisotopic (exact) mass is 386 g/mol. The van der Waals surface area contributed by atoms with Crippen LogP contribution in [0.25, 0.3) is 0 Å². The van der Waals surface area contributed by atoms with Gasteiger partial charge in [-0.2, -0.15) is 0 Å². The summed E-state index contributed by atoms with van der Waals surface area (Å²) < 4.78 is 0. The minimum Gasteiger partial charge on any atom is -0.340 e. The molecule has 2 aliphatic heterocycles. The van der Waals surface area contributed by atoms with E-state index >= 15 is 0 Å². The Morgan fingerprint density at radius 2 is 1.68 bits per heavy atom. The van der Waals surface area contributed by atoms with Crippen molar-refractivity contribution < 1.29 is 9.59 Å². The Kier molecular flexibility index (Phi) is 7.86. The van der Waals surface area contributed by atoms with E-state index in [1.54, 1.807) is 0 Å². The van der Waals surface area contributed by atoms with Gasteiger partial charge in [-0.1, -0.05) is 17.7 Å². The number of likely N-dealkylation sites (tertiary alicyclic amines) is 1. The van der Waals surface area contributed by atoms with Crippen LogP contribution in [0.4, 0.5) is 0 Å². The normalized spacial score (nSPS) is 17.7. The number of rotatable bonds is 8. The van der Waals surface area contributed by atoms with E-state index in [0.29, 0.717) is 25.1 Å².